The van der Waals surface area contributed by atoms with Crippen molar-refractivity contribution < 1.29 is 22.8 Å². The maximum absolute atomic E-state index is 12.8. The van der Waals surface area contributed by atoms with Crippen LogP contribution in [0.3, 0.4) is 0 Å². The first kappa shape index (κ1) is 14.0. The first-order chi connectivity index (χ1) is 8.45. The van der Waals surface area contributed by atoms with Crippen LogP contribution < -0.4 is 10.6 Å². The molecule has 0 spiro atoms. The Morgan fingerprint density at radius 1 is 1.17 bits per heavy atom. The summed E-state index contributed by atoms with van der Waals surface area (Å²) < 4.78 is 38.3. The van der Waals surface area contributed by atoms with Gasteiger partial charge in [0.2, 0.25) is 5.91 Å². The van der Waals surface area contributed by atoms with Crippen molar-refractivity contribution >= 4 is 11.8 Å². The lowest BCUT2D eigenvalue weighted by molar-refractivity contribution is -0.120. The molecule has 4 nitrogen and oxygen atoms in total. The normalized spacial score (nSPS) is 10.0. The van der Waals surface area contributed by atoms with Gasteiger partial charge in [0, 0.05) is 25.6 Å². The van der Waals surface area contributed by atoms with Crippen LogP contribution in [0.2, 0.25) is 0 Å². The van der Waals surface area contributed by atoms with Crippen LogP contribution in [-0.4, -0.2) is 25.4 Å². The molecule has 1 rings (SSSR count). The summed E-state index contributed by atoms with van der Waals surface area (Å²) in [5.41, 5.74) is -0.344. The second kappa shape index (κ2) is 6.04. The van der Waals surface area contributed by atoms with E-state index in [2.05, 4.69) is 10.6 Å². The van der Waals surface area contributed by atoms with Crippen molar-refractivity contribution in [2.75, 3.05) is 13.6 Å². The van der Waals surface area contributed by atoms with Gasteiger partial charge < -0.3 is 10.6 Å². The fourth-order valence-corrected chi connectivity index (χ4v) is 1.20. The lowest BCUT2D eigenvalue weighted by Gasteiger charge is -2.05. The van der Waals surface area contributed by atoms with Gasteiger partial charge in [-0.1, -0.05) is 0 Å². The van der Waals surface area contributed by atoms with Crippen molar-refractivity contribution in [2.24, 2.45) is 0 Å². The Hall–Kier alpha value is -2.05. The summed E-state index contributed by atoms with van der Waals surface area (Å²) in [7, 11) is 1.44. The second-order valence-electron chi connectivity index (χ2n) is 3.43. The molecule has 0 aromatic heterocycles. The highest BCUT2D eigenvalue weighted by atomic mass is 19.2. The van der Waals surface area contributed by atoms with Crippen LogP contribution in [0, 0.1) is 17.5 Å². The zero-order valence-electron chi connectivity index (χ0n) is 9.52. The van der Waals surface area contributed by atoms with Gasteiger partial charge in [-0.05, 0) is 12.1 Å². The van der Waals surface area contributed by atoms with Crippen LogP contribution in [0.15, 0.2) is 12.1 Å². The molecule has 7 heteroatoms. The van der Waals surface area contributed by atoms with Crippen LogP contribution in [0.25, 0.3) is 0 Å². The summed E-state index contributed by atoms with van der Waals surface area (Å²) in [4.78, 5) is 22.3. The smallest absolute Gasteiger partial charge is 0.251 e. The third kappa shape index (κ3) is 3.47. The highest BCUT2D eigenvalue weighted by molar-refractivity contribution is 5.94. The summed E-state index contributed by atoms with van der Waals surface area (Å²) in [6.07, 6.45) is 0.0361. The van der Waals surface area contributed by atoms with Crippen LogP contribution in [0.5, 0.6) is 0 Å². The van der Waals surface area contributed by atoms with Gasteiger partial charge in [0.1, 0.15) is 0 Å². The number of carbonyl (C=O) groups is 2. The highest BCUT2D eigenvalue weighted by Gasteiger charge is 2.14. The summed E-state index contributed by atoms with van der Waals surface area (Å²) >= 11 is 0. The molecule has 0 atom stereocenters. The van der Waals surface area contributed by atoms with Gasteiger partial charge in [-0.3, -0.25) is 9.59 Å². The number of amides is 2. The van der Waals surface area contributed by atoms with E-state index in [1.54, 1.807) is 0 Å². The molecule has 0 radical (unpaired) electrons. The molecule has 1 aromatic rings. The van der Waals surface area contributed by atoms with E-state index in [9.17, 15) is 22.8 Å². The monoisotopic (exact) mass is 260 g/mol. The average Bonchev–Trinajstić information content (AvgIpc) is 2.34. The topological polar surface area (TPSA) is 58.2 Å². The molecule has 0 fully saturated rings. The molecule has 98 valence electrons. The van der Waals surface area contributed by atoms with Gasteiger partial charge >= 0.3 is 0 Å². The summed E-state index contributed by atoms with van der Waals surface area (Å²) in [6.45, 7) is 0.0130. The molecule has 2 amide bonds. The zero-order valence-corrected chi connectivity index (χ0v) is 9.52. The van der Waals surface area contributed by atoms with Crippen LogP contribution in [0.1, 0.15) is 16.8 Å². The summed E-state index contributed by atoms with van der Waals surface area (Å²) in [6, 6.07) is 1.18. The molecule has 18 heavy (non-hydrogen) atoms. The van der Waals surface area contributed by atoms with Gasteiger partial charge in [0.15, 0.2) is 17.5 Å². The van der Waals surface area contributed by atoms with Gasteiger partial charge in [-0.2, -0.15) is 0 Å². The molecule has 0 bridgehead atoms. The first-order valence-corrected chi connectivity index (χ1v) is 5.09. The largest absolute Gasteiger partial charge is 0.359 e. The third-order valence-electron chi connectivity index (χ3n) is 2.16. The van der Waals surface area contributed by atoms with E-state index in [1.165, 1.54) is 7.05 Å². The van der Waals surface area contributed by atoms with Gasteiger partial charge in [0.25, 0.3) is 5.91 Å². The minimum absolute atomic E-state index is 0.0130. The Bertz CT molecular complexity index is 454. The second-order valence-corrected chi connectivity index (χ2v) is 3.43. The standard InChI is InChI=1S/C11H11F3N2O2/c1-15-9(17)2-3-16-11(18)6-4-7(12)10(14)8(13)5-6/h4-5H,2-3H2,1H3,(H,15,17)(H,16,18). The molecular weight excluding hydrogens is 249 g/mol. The number of nitrogens with one attached hydrogen (secondary N) is 2. The Kier molecular flexibility index (Phi) is 4.70. The van der Waals surface area contributed by atoms with Crippen molar-refractivity contribution in [3.8, 4) is 0 Å². The number of rotatable bonds is 4. The van der Waals surface area contributed by atoms with E-state index in [-0.39, 0.29) is 24.4 Å². The van der Waals surface area contributed by atoms with E-state index >= 15 is 0 Å². The minimum atomic E-state index is -1.63. The average molecular weight is 260 g/mol. The van der Waals surface area contributed by atoms with Gasteiger partial charge in [-0.25, -0.2) is 13.2 Å². The molecule has 1 aromatic carbocycles. The summed E-state index contributed by atoms with van der Waals surface area (Å²) in [5.74, 6) is -5.57. The van der Waals surface area contributed by atoms with E-state index in [0.717, 1.165) is 0 Å². The predicted molar refractivity (Wildman–Crippen MR) is 57.3 cm³/mol. The molecule has 0 aliphatic carbocycles. The fraction of sp³-hybridized carbons (Fsp3) is 0.273. The fourth-order valence-electron chi connectivity index (χ4n) is 1.20. The van der Waals surface area contributed by atoms with Crippen LogP contribution in [-0.2, 0) is 4.79 Å². The summed E-state index contributed by atoms with van der Waals surface area (Å²) in [5, 5.41) is 4.63. The van der Waals surface area contributed by atoms with E-state index in [1.807, 2.05) is 0 Å². The quantitative estimate of drug-likeness (QED) is 0.792. The lowest BCUT2D eigenvalue weighted by atomic mass is 10.2. The number of carbonyl (C=O) groups excluding carboxylic acids is 2. The van der Waals surface area contributed by atoms with E-state index < -0.39 is 23.4 Å². The van der Waals surface area contributed by atoms with Crippen molar-refractivity contribution in [1.82, 2.24) is 10.6 Å². The van der Waals surface area contributed by atoms with E-state index in [0.29, 0.717) is 12.1 Å². The van der Waals surface area contributed by atoms with E-state index in [4.69, 9.17) is 0 Å². The minimum Gasteiger partial charge on any atom is -0.359 e. The van der Waals surface area contributed by atoms with Crippen molar-refractivity contribution in [3.05, 3.63) is 35.1 Å². The lowest BCUT2D eigenvalue weighted by Crippen LogP contribution is -2.29. The Balaban J connectivity index is 2.65. The van der Waals surface area contributed by atoms with Gasteiger partial charge in [0.05, 0.1) is 0 Å². The molecule has 0 aliphatic rings. The molecule has 0 saturated heterocycles. The molecule has 2 N–H and O–H groups in total. The first-order valence-electron chi connectivity index (χ1n) is 5.09. The highest BCUT2D eigenvalue weighted by Crippen LogP contribution is 2.13. The maximum Gasteiger partial charge on any atom is 0.251 e. The number of hydrogen-bond acceptors (Lipinski definition) is 2. The zero-order chi connectivity index (χ0) is 13.7. The Morgan fingerprint density at radius 2 is 1.72 bits per heavy atom. The predicted octanol–water partition coefficient (Wildman–Crippen LogP) is 0.970. The molecular formula is C11H11F3N2O2. The van der Waals surface area contributed by atoms with Crippen molar-refractivity contribution in [1.29, 1.82) is 0 Å². The Morgan fingerprint density at radius 3 is 2.22 bits per heavy atom. The Labute approximate surface area is 101 Å². The number of halogens is 3. The van der Waals surface area contributed by atoms with Crippen molar-refractivity contribution in [2.45, 2.75) is 6.42 Å². The maximum atomic E-state index is 12.8. The van der Waals surface area contributed by atoms with Gasteiger partial charge in [-0.15, -0.1) is 0 Å². The third-order valence-corrected chi connectivity index (χ3v) is 2.16. The van der Waals surface area contributed by atoms with Crippen LogP contribution >= 0.6 is 0 Å². The van der Waals surface area contributed by atoms with Crippen LogP contribution in [0.4, 0.5) is 13.2 Å². The SMILES string of the molecule is CNC(=O)CCNC(=O)c1cc(F)c(F)c(F)c1. The molecule has 0 unspecified atom stereocenters. The van der Waals surface area contributed by atoms with Crippen molar-refractivity contribution in [3.63, 3.8) is 0 Å². The number of hydrogen-bond donors (Lipinski definition) is 2. The molecule has 0 heterocycles. The molecule has 0 saturated carbocycles. The number of benzene rings is 1. The molecule has 0 aliphatic heterocycles.